The lowest BCUT2D eigenvalue weighted by atomic mass is 10.1. The number of Topliss-reactive ketones (excluding diaryl/α,β-unsaturated/α-hetero) is 1. The summed E-state index contributed by atoms with van der Waals surface area (Å²) < 4.78 is 0. The quantitative estimate of drug-likeness (QED) is 0.623. The van der Waals surface area contributed by atoms with Gasteiger partial charge in [-0.1, -0.05) is 6.42 Å². The van der Waals surface area contributed by atoms with Crippen LogP contribution in [0.5, 0.6) is 0 Å². The van der Waals surface area contributed by atoms with Crippen molar-refractivity contribution in [2.24, 2.45) is 0 Å². The van der Waals surface area contributed by atoms with Crippen LogP contribution in [0.4, 0.5) is 5.69 Å². The largest absolute Gasteiger partial charge is 0.399 e. The molecule has 1 fully saturated rings. The molecular weight excluding hydrogens is 200 g/mol. The molecule has 0 aromatic heterocycles. The monoisotopic (exact) mass is 218 g/mol. The lowest BCUT2D eigenvalue weighted by Crippen LogP contribution is -2.34. The van der Waals surface area contributed by atoms with Gasteiger partial charge >= 0.3 is 0 Å². The highest BCUT2D eigenvalue weighted by atomic mass is 16.1. The number of hydrogen-bond acceptors (Lipinski definition) is 3. The van der Waals surface area contributed by atoms with Gasteiger partial charge in [-0.3, -0.25) is 9.69 Å². The van der Waals surface area contributed by atoms with Crippen molar-refractivity contribution in [1.82, 2.24) is 4.90 Å². The summed E-state index contributed by atoms with van der Waals surface area (Å²) in [4.78, 5) is 14.2. The van der Waals surface area contributed by atoms with Crippen LogP contribution in [0.1, 0.15) is 29.6 Å². The van der Waals surface area contributed by atoms with E-state index in [1.165, 1.54) is 19.3 Å². The van der Waals surface area contributed by atoms with Crippen molar-refractivity contribution in [3.8, 4) is 0 Å². The first kappa shape index (κ1) is 11.1. The summed E-state index contributed by atoms with van der Waals surface area (Å²) in [5.74, 6) is 0.196. The minimum Gasteiger partial charge on any atom is -0.399 e. The van der Waals surface area contributed by atoms with E-state index in [1.54, 1.807) is 12.1 Å². The van der Waals surface area contributed by atoms with Gasteiger partial charge in [-0.05, 0) is 50.2 Å². The highest BCUT2D eigenvalue weighted by molar-refractivity contribution is 5.97. The Bertz CT molecular complexity index is 353. The van der Waals surface area contributed by atoms with Gasteiger partial charge in [-0.25, -0.2) is 0 Å². The first-order chi connectivity index (χ1) is 7.75. The van der Waals surface area contributed by atoms with Gasteiger partial charge in [0.1, 0.15) is 0 Å². The van der Waals surface area contributed by atoms with Crippen molar-refractivity contribution in [2.75, 3.05) is 25.4 Å². The lowest BCUT2D eigenvalue weighted by molar-refractivity contribution is 0.0916. The van der Waals surface area contributed by atoms with Crippen LogP contribution in [0.2, 0.25) is 0 Å². The summed E-state index contributed by atoms with van der Waals surface area (Å²) >= 11 is 0. The topological polar surface area (TPSA) is 46.3 Å². The predicted molar refractivity (Wildman–Crippen MR) is 65.5 cm³/mol. The van der Waals surface area contributed by atoms with Crippen LogP contribution in [-0.2, 0) is 0 Å². The number of nitrogens with two attached hydrogens (primary N) is 1. The van der Waals surface area contributed by atoms with Crippen LogP contribution in [-0.4, -0.2) is 30.3 Å². The van der Waals surface area contributed by atoms with Crippen LogP contribution in [0.3, 0.4) is 0 Å². The maximum atomic E-state index is 11.9. The molecule has 0 bridgehead atoms. The maximum Gasteiger partial charge on any atom is 0.176 e. The van der Waals surface area contributed by atoms with Gasteiger partial charge in [0.15, 0.2) is 5.78 Å². The first-order valence-corrected chi connectivity index (χ1v) is 5.87. The molecule has 1 heterocycles. The molecule has 2 rings (SSSR count). The molecular formula is C13H18N2O. The van der Waals surface area contributed by atoms with Crippen LogP contribution >= 0.6 is 0 Å². The van der Waals surface area contributed by atoms with Crippen molar-refractivity contribution < 1.29 is 4.79 Å². The summed E-state index contributed by atoms with van der Waals surface area (Å²) in [7, 11) is 0. The zero-order valence-electron chi connectivity index (χ0n) is 9.48. The molecule has 1 saturated heterocycles. The molecule has 0 aliphatic carbocycles. The van der Waals surface area contributed by atoms with Gasteiger partial charge < -0.3 is 5.73 Å². The Kier molecular flexibility index (Phi) is 3.57. The van der Waals surface area contributed by atoms with E-state index in [0.717, 1.165) is 18.7 Å². The third-order valence-electron chi connectivity index (χ3n) is 3.05. The van der Waals surface area contributed by atoms with E-state index < -0.39 is 0 Å². The Morgan fingerprint density at radius 1 is 1.12 bits per heavy atom. The van der Waals surface area contributed by atoms with E-state index in [9.17, 15) is 4.79 Å². The second-order valence-corrected chi connectivity index (χ2v) is 4.38. The van der Waals surface area contributed by atoms with Crippen LogP contribution in [0.25, 0.3) is 0 Å². The zero-order valence-corrected chi connectivity index (χ0v) is 9.48. The Balaban J connectivity index is 1.94. The first-order valence-electron chi connectivity index (χ1n) is 5.87. The van der Waals surface area contributed by atoms with E-state index in [4.69, 9.17) is 5.73 Å². The fourth-order valence-corrected chi connectivity index (χ4v) is 2.08. The van der Waals surface area contributed by atoms with E-state index in [0.29, 0.717) is 12.2 Å². The van der Waals surface area contributed by atoms with Crippen molar-refractivity contribution in [3.05, 3.63) is 29.8 Å². The number of nitrogens with zero attached hydrogens (tertiary/aromatic N) is 1. The summed E-state index contributed by atoms with van der Waals surface area (Å²) in [6, 6.07) is 7.18. The molecule has 1 aromatic rings. The molecule has 0 atom stereocenters. The van der Waals surface area contributed by atoms with Crippen molar-refractivity contribution in [1.29, 1.82) is 0 Å². The molecule has 0 radical (unpaired) electrons. The van der Waals surface area contributed by atoms with E-state index in [-0.39, 0.29) is 5.78 Å². The summed E-state index contributed by atoms with van der Waals surface area (Å²) in [6.45, 7) is 2.66. The standard InChI is InChI=1S/C13H18N2O/c14-12-6-4-11(5-7-12)13(16)10-15-8-2-1-3-9-15/h4-7H,1-3,8-10,14H2. The minimum absolute atomic E-state index is 0.196. The number of nitrogen functional groups attached to an aromatic ring is 1. The van der Waals surface area contributed by atoms with Gasteiger partial charge in [0.2, 0.25) is 0 Å². The molecule has 0 unspecified atom stereocenters. The Labute approximate surface area is 96.2 Å². The molecule has 0 spiro atoms. The fraction of sp³-hybridized carbons (Fsp3) is 0.462. The van der Waals surface area contributed by atoms with Crippen LogP contribution < -0.4 is 5.73 Å². The second-order valence-electron chi connectivity index (χ2n) is 4.38. The molecule has 1 aliphatic rings. The van der Waals surface area contributed by atoms with Gasteiger partial charge in [0.25, 0.3) is 0 Å². The minimum atomic E-state index is 0.196. The van der Waals surface area contributed by atoms with Gasteiger partial charge in [-0.2, -0.15) is 0 Å². The van der Waals surface area contributed by atoms with E-state index in [2.05, 4.69) is 4.90 Å². The average Bonchev–Trinajstić information content (AvgIpc) is 2.31. The highest BCUT2D eigenvalue weighted by Crippen LogP contribution is 2.11. The van der Waals surface area contributed by atoms with Crippen molar-refractivity contribution in [3.63, 3.8) is 0 Å². The number of carbonyl (C=O) groups excluding carboxylic acids is 1. The zero-order chi connectivity index (χ0) is 11.4. The highest BCUT2D eigenvalue weighted by Gasteiger charge is 2.14. The average molecular weight is 218 g/mol. The van der Waals surface area contributed by atoms with Crippen molar-refractivity contribution >= 4 is 11.5 Å². The number of hydrogen-bond donors (Lipinski definition) is 1. The normalized spacial score (nSPS) is 17.2. The lowest BCUT2D eigenvalue weighted by Gasteiger charge is -2.25. The van der Waals surface area contributed by atoms with E-state index >= 15 is 0 Å². The molecule has 1 aromatic carbocycles. The summed E-state index contributed by atoms with van der Waals surface area (Å²) in [6.07, 6.45) is 3.73. The molecule has 0 amide bonds. The smallest absolute Gasteiger partial charge is 0.176 e. The number of piperidine rings is 1. The number of benzene rings is 1. The van der Waals surface area contributed by atoms with E-state index in [1.807, 2.05) is 12.1 Å². The Hall–Kier alpha value is -1.35. The molecule has 0 saturated carbocycles. The van der Waals surface area contributed by atoms with Crippen LogP contribution in [0.15, 0.2) is 24.3 Å². The number of rotatable bonds is 3. The number of carbonyl (C=O) groups is 1. The third kappa shape index (κ3) is 2.83. The molecule has 3 nitrogen and oxygen atoms in total. The number of ketones is 1. The van der Waals surface area contributed by atoms with Gasteiger partial charge in [0, 0.05) is 11.3 Å². The van der Waals surface area contributed by atoms with Crippen molar-refractivity contribution in [2.45, 2.75) is 19.3 Å². The molecule has 16 heavy (non-hydrogen) atoms. The molecule has 1 aliphatic heterocycles. The summed E-state index contributed by atoms with van der Waals surface area (Å²) in [5, 5.41) is 0. The Morgan fingerprint density at radius 2 is 1.75 bits per heavy atom. The predicted octanol–water partition coefficient (Wildman–Crippen LogP) is 1.94. The number of likely N-dealkylation sites (tertiary alicyclic amines) is 1. The molecule has 3 heteroatoms. The summed E-state index contributed by atoms with van der Waals surface area (Å²) in [5.41, 5.74) is 7.06. The van der Waals surface area contributed by atoms with Gasteiger partial charge in [-0.15, -0.1) is 0 Å². The SMILES string of the molecule is Nc1ccc(C(=O)CN2CCCCC2)cc1. The third-order valence-corrected chi connectivity index (χ3v) is 3.05. The molecule has 86 valence electrons. The van der Waals surface area contributed by atoms with Gasteiger partial charge in [0.05, 0.1) is 6.54 Å². The molecule has 2 N–H and O–H groups in total. The van der Waals surface area contributed by atoms with Crippen LogP contribution in [0, 0.1) is 0 Å². The fourth-order valence-electron chi connectivity index (χ4n) is 2.08. The maximum absolute atomic E-state index is 11.9. The number of anilines is 1. The second kappa shape index (κ2) is 5.12. The Morgan fingerprint density at radius 3 is 2.38 bits per heavy atom.